The Bertz CT molecular complexity index is 1010. The third-order valence-electron chi connectivity index (χ3n) is 3.52. The fourth-order valence-electron chi connectivity index (χ4n) is 2.24. The van der Waals surface area contributed by atoms with Crippen molar-refractivity contribution in [3.63, 3.8) is 0 Å². The predicted molar refractivity (Wildman–Crippen MR) is 101 cm³/mol. The summed E-state index contributed by atoms with van der Waals surface area (Å²) in [7, 11) is 0. The molecule has 0 unspecified atom stereocenters. The SMILES string of the molecule is O=[N+]([O-])c1ccc(Nc2ncc(C(F)(F)F)c(Nc3cccc(Br)c3)n2)cc1. The molecule has 0 saturated heterocycles. The van der Waals surface area contributed by atoms with Crippen molar-refractivity contribution >= 4 is 44.8 Å². The van der Waals surface area contributed by atoms with Crippen LogP contribution in [-0.4, -0.2) is 14.9 Å². The number of benzene rings is 2. The fraction of sp³-hybridized carbons (Fsp3) is 0.0588. The van der Waals surface area contributed by atoms with Gasteiger partial charge in [0.2, 0.25) is 5.95 Å². The van der Waals surface area contributed by atoms with E-state index in [2.05, 4.69) is 36.5 Å². The number of aromatic nitrogens is 2. The lowest BCUT2D eigenvalue weighted by Gasteiger charge is -2.15. The van der Waals surface area contributed by atoms with Gasteiger partial charge in [0.1, 0.15) is 11.4 Å². The molecule has 1 heterocycles. The van der Waals surface area contributed by atoms with Gasteiger partial charge in [0, 0.05) is 34.2 Å². The highest BCUT2D eigenvalue weighted by Crippen LogP contribution is 2.35. The second kappa shape index (κ2) is 7.80. The summed E-state index contributed by atoms with van der Waals surface area (Å²) in [5.41, 5.74) is -0.351. The quantitative estimate of drug-likeness (QED) is 0.382. The minimum atomic E-state index is -4.65. The minimum Gasteiger partial charge on any atom is -0.340 e. The Balaban J connectivity index is 1.91. The van der Waals surface area contributed by atoms with Crippen LogP contribution in [-0.2, 0) is 6.18 Å². The summed E-state index contributed by atoms with van der Waals surface area (Å²) >= 11 is 3.25. The molecular formula is C17H11BrF3N5O2. The third kappa shape index (κ3) is 4.74. The van der Waals surface area contributed by atoms with Crippen LogP contribution < -0.4 is 10.6 Å². The van der Waals surface area contributed by atoms with Crippen LogP contribution >= 0.6 is 15.9 Å². The van der Waals surface area contributed by atoms with Gasteiger partial charge in [0.25, 0.3) is 5.69 Å². The van der Waals surface area contributed by atoms with Gasteiger partial charge in [0.15, 0.2) is 0 Å². The molecule has 144 valence electrons. The molecule has 0 amide bonds. The molecule has 0 spiro atoms. The van der Waals surface area contributed by atoms with Gasteiger partial charge < -0.3 is 10.6 Å². The molecule has 2 N–H and O–H groups in total. The molecule has 0 radical (unpaired) electrons. The van der Waals surface area contributed by atoms with Crippen LogP contribution in [0.15, 0.2) is 59.2 Å². The number of non-ortho nitro benzene ring substituents is 1. The number of nitrogens with one attached hydrogen (secondary N) is 2. The summed E-state index contributed by atoms with van der Waals surface area (Å²) in [5, 5.41) is 16.1. The number of nitrogens with zero attached hydrogens (tertiary/aromatic N) is 3. The van der Waals surface area contributed by atoms with E-state index in [9.17, 15) is 23.3 Å². The zero-order chi connectivity index (χ0) is 20.3. The summed E-state index contributed by atoms with van der Waals surface area (Å²) in [5.74, 6) is -0.524. The van der Waals surface area contributed by atoms with Crippen LogP contribution in [0.4, 0.5) is 42.0 Å². The van der Waals surface area contributed by atoms with Crippen LogP contribution in [0.25, 0.3) is 0 Å². The second-order valence-corrected chi connectivity index (χ2v) is 6.43. The van der Waals surface area contributed by atoms with Crippen molar-refractivity contribution in [2.75, 3.05) is 10.6 Å². The summed E-state index contributed by atoms with van der Waals surface area (Å²) in [4.78, 5) is 17.7. The Labute approximate surface area is 164 Å². The number of hydrogen-bond acceptors (Lipinski definition) is 6. The first-order valence-electron chi connectivity index (χ1n) is 7.71. The number of anilines is 4. The summed E-state index contributed by atoms with van der Waals surface area (Å²) in [6, 6.07) is 11.9. The van der Waals surface area contributed by atoms with E-state index in [0.717, 1.165) is 0 Å². The molecule has 0 aliphatic heterocycles. The maximum Gasteiger partial charge on any atom is 0.421 e. The van der Waals surface area contributed by atoms with Crippen LogP contribution in [0.2, 0.25) is 0 Å². The lowest BCUT2D eigenvalue weighted by molar-refractivity contribution is -0.384. The first-order valence-corrected chi connectivity index (χ1v) is 8.50. The zero-order valence-corrected chi connectivity index (χ0v) is 15.5. The first-order chi connectivity index (χ1) is 13.2. The molecule has 28 heavy (non-hydrogen) atoms. The van der Waals surface area contributed by atoms with Crippen LogP contribution in [0.1, 0.15) is 5.56 Å². The van der Waals surface area contributed by atoms with Gasteiger partial charge >= 0.3 is 6.18 Å². The van der Waals surface area contributed by atoms with Gasteiger partial charge in [0.05, 0.1) is 4.92 Å². The third-order valence-corrected chi connectivity index (χ3v) is 4.01. The highest BCUT2D eigenvalue weighted by atomic mass is 79.9. The molecule has 0 bridgehead atoms. The number of nitro groups is 1. The number of alkyl halides is 3. The van der Waals surface area contributed by atoms with Gasteiger partial charge in [-0.1, -0.05) is 22.0 Å². The monoisotopic (exact) mass is 453 g/mol. The lowest BCUT2D eigenvalue weighted by Crippen LogP contribution is -2.12. The fourth-order valence-corrected chi connectivity index (χ4v) is 2.64. The van der Waals surface area contributed by atoms with E-state index in [-0.39, 0.29) is 11.6 Å². The molecule has 7 nitrogen and oxygen atoms in total. The Morgan fingerprint density at radius 1 is 1.04 bits per heavy atom. The molecule has 0 fully saturated rings. The maximum absolute atomic E-state index is 13.3. The normalized spacial score (nSPS) is 11.1. The Morgan fingerprint density at radius 2 is 1.75 bits per heavy atom. The van der Waals surface area contributed by atoms with E-state index in [1.165, 1.54) is 24.3 Å². The Morgan fingerprint density at radius 3 is 2.36 bits per heavy atom. The van der Waals surface area contributed by atoms with Gasteiger partial charge in [-0.15, -0.1) is 0 Å². The summed E-state index contributed by atoms with van der Waals surface area (Å²) < 4.78 is 40.6. The maximum atomic E-state index is 13.3. The zero-order valence-electron chi connectivity index (χ0n) is 13.9. The molecule has 0 saturated carbocycles. The van der Waals surface area contributed by atoms with Crippen molar-refractivity contribution in [2.45, 2.75) is 6.18 Å². The van der Waals surface area contributed by atoms with Crippen molar-refractivity contribution in [3.8, 4) is 0 Å². The van der Waals surface area contributed by atoms with Crippen molar-refractivity contribution in [3.05, 3.63) is 74.9 Å². The van der Waals surface area contributed by atoms with Crippen molar-refractivity contribution in [1.29, 1.82) is 0 Å². The van der Waals surface area contributed by atoms with Gasteiger partial charge in [-0.3, -0.25) is 10.1 Å². The summed E-state index contributed by atoms with van der Waals surface area (Å²) in [6.07, 6.45) is -3.98. The van der Waals surface area contributed by atoms with Crippen LogP contribution in [0, 0.1) is 10.1 Å². The van der Waals surface area contributed by atoms with Crippen molar-refractivity contribution < 1.29 is 18.1 Å². The van der Waals surface area contributed by atoms with Gasteiger partial charge in [-0.25, -0.2) is 4.98 Å². The van der Waals surface area contributed by atoms with E-state index in [1.807, 2.05) is 0 Å². The van der Waals surface area contributed by atoms with Crippen molar-refractivity contribution in [2.24, 2.45) is 0 Å². The predicted octanol–water partition coefficient (Wildman–Crippen LogP) is 5.65. The highest BCUT2D eigenvalue weighted by molar-refractivity contribution is 9.10. The van der Waals surface area contributed by atoms with E-state index in [4.69, 9.17) is 0 Å². The van der Waals surface area contributed by atoms with Crippen LogP contribution in [0.3, 0.4) is 0 Å². The lowest BCUT2D eigenvalue weighted by atomic mass is 10.2. The van der Waals surface area contributed by atoms with E-state index in [0.29, 0.717) is 22.0 Å². The standard InChI is InChI=1S/C17H11BrF3N5O2/c18-10-2-1-3-12(8-10)23-15-14(17(19,20)21)9-22-16(25-15)24-11-4-6-13(7-5-11)26(27)28/h1-9H,(H2,22,23,24,25). The topological polar surface area (TPSA) is 93.0 Å². The average molecular weight is 454 g/mol. The van der Waals surface area contributed by atoms with Gasteiger partial charge in [-0.05, 0) is 30.3 Å². The largest absolute Gasteiger partial charge is 0.421 e. The molecule has 0 aliphatic rings. The second-order valence-electron chi connectivity index (χ2n) is 5.52. The van der Waals surface area contributed by atoms with Crippen molar-refractivity contribution in [1.82, 2.24) is 9.97 Å². The molecule has 3 rings (SSSR count). The number of nitro benzene ring substituents is 1. The molecule has 1 aromatic heterocycles. The van der Waals surface area contributed by atoms with E-state index < -0.39 is 22.5 Å². The smallest absolute Gasteiger partial charge is 0.340 e. The van der Waals surface area contributed by atoms with E-state index in [1.54, 1.807) is 24.3 Å². The molecule has 0 aliphatic carbocycles. The Kier molecular flexibility index (Phi) is 5.45. The summed E-state index contributed by atoms with van der Waals surface area (Å²) in [6.45, 7) is 0. The van der Waals surface area contributed by atoms with E-state index >= 15 is 0 Å². The number of halogens is 4. The Hall–Kier alpha value is -3.21. The number of rotatable bonds is 5. The minimum absolute atomic E-state index is 0.0978. The molecule has 3 aromatic rings. The molecule has 0 atom stereocenters. The number of hydrogen-bond donors (Lipinski definition) is 2. The van der Waals surface area contributed by atoms with Crippen LogP contribution in [0.5, 0.6) is 0 Å². The first kappa shape index (κ1) is 19.5. The van der Waals surface area contributed by atoms with Gasteiger partial charge in [-0.2, -0.15) is 18.2 Å². The molecule has 2 aromatic carbocycles. The highest BCUT2D eigenvalue weighted by Gasteiger charge is 2.35. The average Bonchev–Trinajstić information content (AvgIpc) is 2.61. The molecular weight excluding hydrogens is 443 g/mol. The molecule has 11 heteroatoms.